The van der Waals surface area contributed by atoms with Crippen molar-refractivity contribution in [1.29, 1.82) is 0 Å². The number of benzene rings is 2. The van der Waals surface area contributed by atoms with E-state index >= 15 is 0 Å². The summed E-state index contributed by atoms with van der Waals surface area (Å²) in [4.78, 5) is 14.2. The third kappa shape index (κ3) is 2.24. The van der Waals surface area contributed by atoms with Crippen molar-refractivity contribution >= 4 is 21.6 Å². The van der Waals surface area contributed by atoms with Crippen molar-refractivity contribution in [2.24, 2.45) is 5.14 Å². The molecule has 2 aromatic carbocycles. The number of rotatable bonds is 3. The van der Waals surface area contributed by atoms with Crippen molar-refractivity contribution in [3.63, 3.8) is 0 Å². The Kier molecular flexibility index (Phi) is 3.51. The van der Waals surface area contributed by atoms with Crippen LogP contribution in [-0.2, 0) is 20.4 Å². The van der Waals surface area contributed by atoms with Crippen molar-refractivity contribution in [2.75, 3.05) is 11.4 Å². The van der Waals surface area contributed by atoms with Gasteiger partial charge in [-0.05, 0) is 30.7 Å². The van der Waals surface area contributed by atoms with Crippen LogP contribution in [0.15, 0.2) is 53.4 Å². The van der Waals surface area contributed by atoms with E-state index in [0.717, 1.165) is 0 Å². The summed E-state index contributed by atoms with van der Waals surface area (Å²) in [5.41, 5.74) is -0.393. The lowest BCUT2D eigenvalue weighted by atomic mass is 9.87. The van der Waals surface area contributed by atoms with Gasteiger partial charge in [-0.25, -0.2) is 13.6 Å². The number of hydrogen-bond donors (Lipinski definition) is 2. The van der Waals surface area contributed by atoms with Gasteiger partial charge in [-0.2, -0.15) is 0 Å². The van der Waals surface area contributed by atoms with E-state index < -0.39 is 21.5 Å². The quantitative estimate of drug-likeness (QED) is 0.873. The molecule has 0 radical (unpaired) electrons. The van der Waals surface area contributed by atoms with E-state index in [1.807, 2.05) is 6.92 Å². The van der Waals surface area contributed by atoms with Crippen LogP contribution in [0.3, 0.4) is 0 Å². The predicted molar refractivity (Wildman–Crippen MR) is 85.3 cm³/mol. The molecular weight excluding hydrogens is 316 g/mol. The monoisotopic (exact) mass is 332 g/mol. The Hall–Kier alpha value is -2.22. The Morgan fingerprint density at radius 1 is 1.13 bits per heavy atom. The van der Waals surface area contributed by atoms with Crippen LogP contribution < -0.4 is 10.0 Å². The first-order chi connectivity index (χ1) is 10.8. The highest BCUT2D eigenvalue weighted by Gasteiger charge is 2.50. The average molecular weight is 332 g/mol. The summed E-state index contributed by atoms with van der Waals surface area (Å²) in [6.07, 6.45) is 0. The highest BCUT2D eigenvalue weighted by atomic mass is 32.2. The second-order valence-electron chi connectivity index (χ2n) is 5.35. The first-order valence-corrected chi connectivity index (χ1v) is 8.62. The van der Waals surface area contributed by atoms with Crippen molar-refractivity contribution < 1.29 is 18.3 Å². The molecule has 0 saturated carbocycles. The van der Waals surface area contributed by atoms with Gasteiger partial charge in [0.25, 0.3) is 5.91 Å². The Morgan fingerprint density at radius 3 is 2.30 bits per heavy atom. The molecule has 1 unspecified atom stereocenters. The average Bonchev–Trinajstić information content (AvgIpc) is 2.76. The van der Waals surface area contributed by atoms with Gasteiger partial charge in [-0.1, -0.05) is 30.3 Å². The summed E-state index contributed by atoms with van der Waals surface area (Å²) >= 11 is 0. The van der Waals surface area contributed by atoms with Gasteiger partial charge in [-0.15, -0.1) is 0 Å². The van der Waals surface area contributed by atoms with Crippen LogP contribution >= 0.6 is 0 Å². The zero-order valence-electron chi connectivity index (χ0n) is 12.4. The molecule has 1 aliphatic rings. The van der Waals surface area contributed by atoms with E-state index in [4.69, 9.17) is 5.14 Å². The van der Waals surface area contributed by atoms with Crippen LogP contribution in [0, 0.1) is 0 Å². The number of carbonyl (C=O) groups excluding carboxylic acids is 1. The topological polar surface area (TPSA) is 101 Å². The molecule has 3 rings (SSSR count). The molecule has 1 atom stereocenters. The van der Waals surface area contributed by atoms with E-state index in [1.165, 1.54) is 29.2 Å². The summed E-state index contributed by atoms with van der Waals surface area (Å²) in [7, 11) is -3.83. The zero-order valence-corrected chi connectivity index (χ0v) is 13.2. The number of aliphatic hydroxyl groups is 1. The Bertz CT molecular complexity index is 877. The minimum atomic E-state index is -3.83. The fourth-order valence-electron chi connectivity index (χ4n) is 2.91. The molecule has 0 fully saturated rings. The van der Waals surface area contributed by atoms with Gasteiger partial charge in [0.15, 0.2) is 5.60 Å². The smallest absolute Gasteiger partial charge is 0.268 e. The van der Waals surface area contributed by atoms with Gasteiger partial charge in [0.2, 0.25) is 10.0 Å². The molecule has 23 heavy (non-hydrogen) atoms. The lowest BCUT2D eigenvalue weighted by Crippen LogP contribution is -2.41. The second-order valence-corrected chi connectivity index (χ2v) is 6.91. The molecule has 1 amide bonds. The van der Waals surface area contributed by atoms with Crippen molar-refractivity contribution in [3.05, 3.63) is 59.7 Å². The molecule has 3 N–H and O–H groups in total. The molecule has 0 bridgehead atoms. The van der Waals surface area contributed by atoms with Crippen LogP contribution in [0.5, 0.6) is 0 Å². The zero-order chi connectivity index (χ0) is 16.8. The Morgan fingerprint density at radius 2 is 1.74 bits per heavy atom. The number of fused-ring (bicyclic) bond motifs is 1. The normalized spacial score (nSPS) is 20.7. The summed E-state index contributed by atoms with van der Waals surface area (Å²) in [6, 6.07) is 12.4. The van der Waals surface area contributed by atoms with Crippen molar-refractivity contribution in [2.45, 2.75) is 17.4 Å². The minimum absolute atomic E-state index is 0.0732. The van der Waals surface area contributed by atoms with E-state index in [-0.39, 0.29) is 4.90 Å². The highest BCUT2D eigenvalue weighted by Crippen LogP contribution is 2.44. The number of nitrogens with zero attached hydrogens (tertiary/aromatic N) is 1. The van der Waals surface area contributed by atoms with Crippen LogP contribution in [-0.4, -0.2) is 26.0 Å². The van der Waals surface area contributed by atoms with Gasteiger partial charge in [0, 0.05) is 12.1 Å². The Balaban J connectivity index is 2.17. The lowest BCUT2D eigenvalue weighted by molar-refractivity contribution is -0.132. The van der Waals surface area contributed by atoms with Crippen LogP contribution in [0.1, 0.15) is 18.1 Å². The first-order valence-electron chi connectivity index (χ1n) is 7.07. The van der Waals surface area contributed by atoms with Crippen LogP contribution in [0.2, 0.25) is 0 Å². The fraction of sp³-hybridized carbons (Fsp3) is 0.188. The predicted octanol–water partition coefficient (Wildman–Crippen LogP) is 0.936. The van der Waals surface area contributed by atoms with E-state index in [9.17, 15) is 18.3 Å². The molecule has 0 saturated heterocycles. The second kappa shape index (κ2) is 5.16. The largest absolute Gasteiger partial charge is 0.372 e. The summed E-state index contributed by atoms with van der Waals surface area (Å²) in [6.45, 7) is 2.25. The van der Waals surface area contributed by atoms with E-state index in [2.05, 4.69) is 0 Å². The molecule has 1 heterocycles. The first kappa shape index (κ1) is 15.7. The molecule has 120 valence electrons. The van der Waals surface area contributed by atoms with E-state index in [1.54, 1.807) is 24.3 Å². The maximum atomic E-state index is 12.7. The maximum absolute atomic E-state index is 12.7. The van der Waals surface area contributed by atoms with Crippen molar-refractivity contribution in [3.8, 4) is 0 Å². The molecule has 6 nitrogen and oxygen atoms in total. The molecular formula is C16H16N2O4S. The Labute approximate surface area is 134 Å². The van der Waals surface area contributed by atoms with Gasteiger partial charge in [0.05, 0.1) is 10.6 Å². The highest BCUT2D eigenvalue weighted by molar-refractivity contribution is 7.89. The standard InChI is InChI=1S/C16H16N2O4S/c1-2-18-14-6-4-3-5-13(14)16(20,15(18)19)11-7-9-12(10-8-11)23(17,21)22/h3-10,20H,2H2,1H3,(H2,17,21,22). The summed E-state index contributed by atoms with van der Waals surface area (Å²) < 4.78 is 22.7. The van der Waals surface area contributed by atoms with Gasteiger partial charge < -0.3 is 10.0 Å². The lowest BCUT2D eigenvalue weighted by Gasteiger charge is -2.23. The third-order valence-electron chi connectivity index (χ3n) is 4.06. The van der Waals surface area contributed by atoms with Gasteiger partial charge in [0.1, 0.15) is 0 Å². The minimum Gasteiger partial charge on any atom is -0.372 e. The fourth-order valence-corrected chi connectivity index (χ4v) is 3.43. The molecule has 7 heteroatoms. The molecule has 1 aliphatic heterocycles. The number of nitrogens with two attached hydrogens (primary N) is 1. The number of hydrogen-bond acceptors (Lipinski definition) is 4. The SMILES string of the molecule is CCN1C(=O)C(O)(c2ccc(S(N)(=O)=O)cc2)c2ccccc21. The summed E-state index contributed by atoms with van der Waals surface area (Å²) in [5, 5.41) is 16.2. The number of anilines is 1. The number of para-hydroxylation sites is 1. The van der Waals surface area contributed by atoms with Gasteiger partial charge in [-0.3, -0.25) is 4.79 Å². The van der Waals surface area contributed by atoms with E-state index in [0.29, 0.717) is 23.4 Å². The summed E-state index contributed by atoms with van der Waals surface area (Å²) in [5.74, 6) is -0.454. The van der Waals surface area contributed by atoms with Crippen LogP contribution in [0.4, 0.5) is 5.69 Å². The molecule has 0 aliphatic carbocycles. The third-order valence-corrected chi connectivity index (χ3v) is 4.99. The number of sulfonamides is 1. The maximum Gasteiger partial charge on any atom is 0.268 e. The molecule has 0 aromatic heterocycles. The van der Waals surface area contributed by atoms with Crippen LogP contribution in [0.25, 0.3) is 0 Å². The number of carbonyl (C=O) groups is 1. The molecule has 2 aromatic rings. The number of primary sulfonamides is 1. The molecule has 0 spiro atoms. The number of likely N-dealkylation sites (N-methyl/N-ethyl adjacent to an activating group) is 1. The van der Waals surface area contributed by atoms with Gasteiger partial charge >= 0.3 is 0 Å². The number of amides is 1. The van der Waals surface area contributed by atoms with Crippen molar-refractivity contribution in [1.82, 2.24) is 0 Å².